The van der Waals surface area contributed by atoms with Gasteiger partial charge < -0.3 is 18.9 Å². The third-order valence-electron chi connectivity index (χ3n) is 28.0. The number of aromatic nitrogens is 2. The van der Waals surface area contributed by atoms with E-state index in [1.165, 1.54) is 22.3 Å². The van der Waals surface area contributed by atoms with Crippen molar-refractivity contribution in [2.45, 2.75) is 189 Å². The molecule has 702 valence electrons. The topological polar surface area (TPSA) is 16.3 Å². The molecular weight excluding hydrogens is 1700 g/mol. The van der Waals surface area contributed by atoms with Crippen LogP contribution in [-0.4, -0.2) is 15.8 Å². The maximum atomic E-state index is 10.8. The van der Waals surface area contributed by atoms with Gasteiger partial charge in [-0.15, -0.1) is 0 Å². The summed E-state index contributed by atoms with van der Waals surface area (Å²) in [6, 6.07) is 137. The molecule has 4 heterocycles. The maximum Gasteiger partial charge on any atom is 0.252 e. The van der Waals surface area contributed by atoms with Gasteiger partial charge in [-0.05, 0) is 308 Å². The zero-order chi connectivity index (χ0) is 102. The molecule has 0 unspecified atom stereocenters. The fourth-order valence-electron chi connectivity index (χ4n) is 22.5. The van der Waals surface area contributed by atoms with E-state index in [0.717, 1.165) is 226 Å². The van der Waals surface area contributed by atoms with E-state index in [4.69, 9.17) is 0 Å². The van der Waals surface area contributed by atoms with Crippen LogP contribution in [0.2, 0.25) is 0 Å². The van der Waals surface area contributed by atoms with Crippen LogP contribution in [0.3, 0.4) is 0 Å². The van der Waals surface area contributed by atoms with Gasteiger partial charge in [0.05, 0.1) is 33.4 Å². The molecule has 0 aliphatic carbocycles. The summed E-state index contributed by atoms with van der Waals surface area (Å²) in [6.45, 7) is 46.9. The van der Waals surface area contributed by atoms with Crippen molar-refractivity contribution < 1.29 is 5.48 Å². The lowest BCUT2D eigenvalue weighted by Gasteiger charge is -2.46. The molecule has 0 N–H and O–H groups in total. The number of hydrogen-bond donors (Lipinski definition) is 0. The minimum atomic E-state index is -1.86. The predicted molar refractivity (Wildman–Crippen MR) is 610 cm³/mol. The summed E-state index contributed by atoms with van der Waals surface area (Å²) in [5.41, 5.74) is 36.7. The first-order chi connectivity index (χ1) is 68.7. The molecular formula is C136H135BN4. The van der Waals surface area contributed by atoms with E-state index in [1.807, 2.05) is 0 Å². The Morgan fingerprint density at radius 1 is 0.220 bits per heavy atom. The predicted octanol–water partition coefficient (Wildman–Crippen LogP) is 36.1. The van der Waals surface area contributed by atoms with Gasteiger partial charge in [0.1, 0.15) is 0 Å². The Kier molecular flexibility index (Phi) is 22.4. The van der Waals surface area contributed by atoms with Gasteiger partial charge in [-0.1, -0.05) is 400 Å². The van der Waals surface area contributed by atoms with E-state index < -0.39 is 35.7 Å². The zero-order valence-electron chi connectivity index (χ0n) is 90.3. The average molecular weight is 1840 g/mol. The van der Waals surface area contributed by atoms with Crippen LogP contribution in [0.5, 0.6) is 0 Å². The highest BCUT2D eigenvalue weighted by molar-refractivity contribution is 7.00. The summed E-state index contributed by atoms with van der Waals surface area (Å²) in [7, 11) is 0. The van der Waals surface area contributed by atoms with E-state index in [1.54, 1.807) is 0 Å². The van der Waals surface area contributed by atoms with Crippen LogP contribution in [0.25, 0.3) is 144 Å². The lowest BCUT2D eigenvalue weighted by Crippen LogP contribution is -2.61. The molecule has 4 nitrogen and oxygen atoms in total. The second kappa shape index (κ2) is 35.7. The van der Waals surface area contributed by atoms with Crippen LogP contribution in [0, 0.1) is 32.5 Å². The fourth-order valence-corrected chi connectivity index (χ4v) is 22.5. The Hall–Kier alpha value is -14.0. The molecule has 141 heavy (non-hydrogen) atoms. The van der Waals surface area contributed by atoms with Crippen molar-refractivity contribution in [3.63, 3.8) is 0 Å². The van der Waals surface area contributed by atoms with Crippen LogP contribution in [0.15, 0.2) is 364 Å². The van der Waals surface area contributed by atoms with Crippen molar-refractivity contribution in [1.82, 2.24) is 9.13 Å². The molecule has 2 aliphatic heterocycles. The lowest BCUT2D eigenvalue weighted by atomic mass is 9.33. The van der Waals surface area contributed by atoms with Crippen molar-refractivity contribution >= 4 is 101 Å². The van der Waals surface area contributed by atoms with Gasteiger partial charge in [-0.25, -0.2) is 0 Å². The first-order valence-electron chi connectivity index (χ1n) is 52.9. The molecule has 0 radical (unpaired) electrons. The first-order valence-corrected chi connectivity index (χ1v) is 50.9. The van der Waals surface area contributed by atoms with Gasteiger partial charge in [-0.2, -0.15) is 0 Å². The Morgan fingerprint density at radius 2 is 0.482 bits per heavy atom. The van der Waals surface area contributed by atoms with Crippen molar-refractivity contribution in [3.05, 3.63) is 403 Å². The highest BCUT2D eigenvalue weighted by Crippen LogP contribution is 2.57. The summed E-state index contributed by atoms with van der Waals surface area (Å²) in [5, 5.41) is 4.57. The minimum Gasteiger partial charge on any atom is -0.310 e. The van der Waals surface area contributed by atoms with Crippen LogP contribution < -0.4 is 26.2 Å². The molecule has 17 aromatic carbocycles. The monoisotopic (exact) mass is 1840 g/mol. The standard InChI is InChI=1S/C136H135BN4/c1-130(2,3)82-88-38-34-50-102(66-88)109-70-92(86-134(13,14)15)71-110(103-51-35-39-89(67-103)83-131(4,5)6)128(109)140-123-80-107(138-119-62-54-98(94-42-26-22-27-43-94)74-113(119)114-75-99(55-63-120(114)138)95-44-28-23-29-45-95)58-60-117(123)137-118-61-59-108(139-121-64-56-100(96-46-30-24-31-47-96)76-115(121)116-77-101(57-65-122(116)139)97-48-32-25-33-49-97)81-124(118)141(126-79-106(136(19,20)21)78-125(140)127(126)137)129-111(104-52-36-40-90(68-104)84-132(7,8)9)72-93(87-135(16,17)18)73-112(129)105-53-37-41-91(69-105)85-133(10,11)12/h22-81H,82-87H2,1-21H3/i86D2,87D2. The minimum absolute atomic E-state index is 0.0807. The second-order valence-corrected chi connectivity index (χ2v) is 48.2. The molecule has 21 rings (SSSR count). The second-order valence-electron chi connectivity index (χ2n) is 48.2. The maximum absolute atomic E-state index is 10.8. The molecule has 0 saturated heterocycles. The van der Waals surface area contributed by atoms with E-state index in [2.05, 4.69) is 528 Å². The number of nitrogens with zero attached hydrogens (tertiary/aromatic N) is 4. The third-order valence-corrected chi connectivity index (χ3v) is 28.0. The molecule has 5 heteroatoms. The zero-order valence-corrected chi connectivity index (χ0v) is 86.3. The summed E-state index contributed by atoms with van der Waals surface area (Å²) in [6.07, 6.45) is -0.495. The highest BCUT2D eigenvalue weighted by atomic mass is 15.2. The number of anilines is 6. The fraction of sp³-hybridized carbons (Fsp3) is 0.250. The van der Waals surface area contributed by atoms with Crippen molar-refractivity contribution in [1.29, 1.82) is 0 Å². The molecule has 2 aromatic heterocycles. The SMILES string of the molecule is [2H]C([2H])(c1cc(-c2cccc(CC(C)(C)C)c2)c(N2c3cc(-n4c5ccc(-c6ccccc6)cc5c5cc(-c6ccccc6)ccc54)ccc3B3c4ccc(-n5c6ccc(-c7ccccc7)cc6c6cc(-c7ccccc7)ccc65)cc4N(c4c(-c5cccc(CC(C)(C)C)c5)cc(C([2H])([2H])C(C)(C)C)cc4-c4cccc(CC(C)(C)C)c4)c4cc(C(C)(C)C)cc2c43)c(-c2cccc(CC(C)(C)C)c2)c1)C(C)(C)C. The molecule has 0 amide bonds. The smallest absolute Gasteiger partial charge is 0.252 e. The summed E-state index contributed by atoms with van der Waals surface area (Å²) in [5.74, 6) is 0. The third kappa shape index (κ3) is 18.9. The van der Waals surface area contributed by atoms with Crippen molar-refractivity contribution in [3.8, 4) is 100 Å². The highest BCUT2D eigenvalue weighted by Gasteiger charge is 2.47. The molecule has 0 fully saturated rings. The summed E-state index contributed by atoms with van der Waals surface area (Å²) in [4.78, 5) is 5.37. The Labute approximate surface area is 844 Å². The van der Waals surface area contributed by atoms with E-state index >= 15 is 0 Å². The molecule has 2 aliphatic rings. The largest absolute Gasteiger partial charge is 0.310 e. The summed E-state index contributed by atoms with van der Waals surface area (Å²) < 4.78 is 48.3. The van der Waals surface area contributed by atoms with Crippen LogP contribution in [0.4, 0.5) is 34.1 Å². The van der Waals surface area contributed by atoms with Gasteiger partial charge in [-0.3, -0.25) is 0 Å². The van der Waals surface area contributed by atoms with Crippen molar-refractivity contribution in [2.75, 3.05) is 9.80 Å². The van der Waals surface area contributed by atoms with Gasteiger partial charge in [0.25, 0.3) is 6.71 Å². The molecule has 19 aromatic rings. The number of hydrogen-bond acceptors (Lipinski definition) is 2. The normalized spacial score (nSPS) is 13.8. The number of rotatable bonds is 18. The Morgan fingerprint density at radius 3 is 0.730 bits per heavy atom. The van der Waals surface area contributed by atoms with E-state index in [9.17, 15) is 5.48 Å². The van der Waals surface area contributed by atoms with Crippen LogP contribution in [-0.2, 0) is 43.8 Å². The van der Waals surface area contributed by atoms with Crippen LogP contribution >= 0.6 is 0 Å². The van der Waals surface area contributed by atoms with E-state index in [-0.39, 0.29) is 21.7 Å². The van der Waals surface area contributed by atoms with Gasteiger partial charge >= 0.3 is 0 Å². The van der Waals surface area contributed by atoms with Gasteiger partial charge in [0.2, 0.25) is 0 Å². The Balaban J connectivity index is 0.965. The molecule has 0 atom stereocenters. The molecule has 0 spiro atoms. The lowest BCUT2D eigenvalue weighted by molar-refractivity contribution is 0.410. The average Bonchev–Trinajstić information content (AvgIpc) is 0.893. The van der Waals surface area contributed by atoms with E-state index in [0.29, 0.717) is 11.1 Å². The quantitative estimate of drug-likeness (QED) is 0.0796. The number of fused-ring (bicyclic) bond motifs is 10. The van der Waals surface area contributed by atoms with Gasteiger partial charge in [0.15, 0.2) is 0 Å². The molecule has 0 bridgehead atoms. The van der Waals surface area contributed by atoms with Crippen LogP contribution in [0.1, 0.15) is 190 Å². The Bertz CT molecular complexity index is 7440. The first kappa shape index (κ1) is 88.4. The van der Waals surface area contributed by atoms with Gasteiger partial charge in [0, 0.05) is 83.4 Å². The molecule has 0 saturated carbocycles. The van der Waals surface area contributed by atoms with Crippen molar-refractivity contribution in [2.24, 2.45) is 32.5 Å². The summed E-state index contributed by atoms with van der Waals surface area (Å²) >= 11 is 0. The number of benzene rings is 17.